The summed E-state index contributed by atoms with van der Waals surface area (Å²) < 4.78 is 32.9. The van der Waals surface area contributed by atoms with Gasteiger partial charge < -0.3 is 14.4 Å². The number of sulfone groups is 1. The topological polar surface area (TPSA) is 126 Å². The van der Waals surface area contributed by atoms with Crippen molar-refractivity contribution < 1.29 is 23.1 Å². The van der Waals surface area contributed by atoms with Crippen LogP contribution in [0.2, 0.25) is 5.02 Å². The van der Waals surface area contributed by atoms with Crippen molar-refractivity contribution in [3.63, 3.8) is 0 Å². The summed E-state index contributed by atoms with van der Waals surface area (Å²) in [4.78, 5) is 24.4. The minimum absolute atomic E-state index is 0.00782. The zero-order chi connectivity index (χ0) is 21.6. The smallest absolute Gasteiger partial charge is 0.341 e. The van der Waals surface area contributed by atoms with Crippen molar-refractivity contribution in [2.45, 2.75) is 42.4 Å². The Morgan fingerprint density at radius 2 is 2.07 bits per heavy atom. The number of fused-ring (bicyclic) bond motifs is 3. The minimum atomic E-state index is -3.81. The first-order chi connectivity index (χ1) is 14.2. The maximum atomic E-state index is 13.0. The fourth-order valence-corrected chi connectivity index (χ4v) is 5.42. The Morgan fingerprint density at radius 3 is 2.70 bits per heavy atom. The molecule has 1 fully saturated rings. The number of carbonyl (C=O) groups is 1. The molecule has 156 valence electrons. The minimum Gasteiger partial charge on any atom is -0.492 e. The summed E-state index contributed by atoms with van der Waals surface area (Å²) in [6.07, 6.45) is 2.20. The van der Waals surface area contributed by atoms with Gasteiger partial charge in [-0.2, -0.15) is 5.26 Å². The molecule has 1 saturated carbocycles. The first-order valence-electron chi connectivity index (χ1n) is 9.32. The van der Waals surface area contributed by atoms with E-state index in [1.165, 1.54) is 16.7 Å². The van der Waals surface area contributed by atoms with Gasteiger partial charge in [0.05, 0.1) is 34.0 Å². The number of aromatic nitrogens is 1. The number of pyridine rings is 1. The van der Waals surface area contributed by atoms with Crippen LogP contribution in [0.3, 0.4) is 0 Å². The van der Waals surface area contributed by atoms with Gasteiger partial charge in [0.25, 0.3) is 5.56 Å². The van der Waals surface area contributed by atoms with Crippen molar-refractivity contribution in [1.29, 1.82) is 5.26 Å². The Morgan fingerprint density at radius 1 is 1.33 bits per heavy atom. The average Bonchev–Trinajstić information content (AvgIpc) is 3.50. The molecule has 0 radical (unpaired) electrons. The molecule has 0 spiro atoms. The zero-order valence-corrected chi connectivity index (χ0v) is 17.3. The quantitative estimate of drug-likeness (QED) is 0.672. The molecule has 0 atom stereocenters. The van der Waals surface area contributed by atoms with E-state index in [2.05, 4.69) is 0 Å². The second-order valence-corrected chi connectivity index (χ2v) is 9.66. The van der Waals surface area contributed by atoms with Crippen LogP contribution in [0.5, 0.6) is 5.75 Å². The van der Waals surface area contributed by atoms with Gasteiger partial charge in [-0.1, -0.05) is 11.6 Å². The van der Waals surface area contributed by atoms with Crippen molar-refractivity contribution in [1.82, 2.24) is 4.57 Å². The van der Waals surface area contributed by atoms with Crippen LogP contribution >= 0.6 is 11.6 Å². The molecular formula is C20H17ClN2O6S. The van der Waals surface area contributed by atoms with E-state index < -0.39 is 32.7 Å². The summed E-state index contributed by atoms with van der Waals surface area (Å²) in [6.45, 7) is 0.206. The van der Waals surface area contributed by atoms with E-state index >= 15 is 0 Å². The summed E-state index contributed by atoms with van der Waals surface area (Å²) >= 11 is 6.34. The third-order valence-electron chi connectivity index (χ3n) is 5.12. The van der Waals surface area contributed by atoms with Crippen molar-refractivity contribution in [3.8, 4) is 23.1 Å². The van der Waals surface area contributed by atoms with E-state index in [4.69, 9.17) is 21.6 Å². The second-order valence-electron chi connectivity index (χ2n) is 7.29. The largest absolute Gasteiger partial charge is 0.492 e. The van der Waals surface area contributed by atoms with Gasteiger partial charge in [0.15, 0.2) is 9.84 Å². The molecule has 1 N–H and O–H groups in total. The van der Waals surface area contributed by atoms with Crippen molar-refractivity contribution in [2.75, 3.05) is 6.61 Å². The summed E-state index contributed by atoms with van der Waals surface area (Å²) in [5.41, 5.74) is -0.156. The van der Waals surface area contributed by atoms with E-state index in [1.54, 1.807) is 0 Å². The standard InChI is InChI=1S/C20H17ClN2O6S/c21-15-8-13-17(9-16(15)29-6-2-1-5-22)30(27,28)10-11-7-14(20(25)26)19(24)23(18(11)13)12-3-4-12/h7-9,12H,1-4,6,10H2,(H,25,26). The summed E-state index contributed by atoms with van der Waals surface area (Å²) in [5, 5.41) is 18.2. The van der Waals surface area contributed by atoms with Gasteiger partial charge in [0.2, 0.25) is 0 Å². The Hall–Kier alpha value is -2.83. The maximum absolute atomic E-state index is 13.0. The fraction of sp³-hybridized carbons (Fsp3) is 0.350. The highest BCUT2D eigenvalue weighted by molar-refractivity contribution is 7.90. The number of unbranched alkanes of at least 4 members (excludes halogenated alkanes) is 1. The summed E-state index contributed by atoms with van der Waals surface area (Å²) in [7, 11) is -3.81. The Bertz CT molecular complexity index is 1270. The van der Waals surface area contributed by atoms with E-state index in [9.17, 15) is 23.1 Å². The first-order valence-corrected chi connectivity index (χ1v) is 11.4. The Balaban J connectivity index is 1.91. The molecule has 2 aliphatic rings. The number of carboxylic acid groups (broad SMARTS) is 1. The summed E-state index contributed by atoms with van der Waals surface area (Å²) in [6, 6.07) is 5.78. The van der Waals surface area contributed by atoms with Crippen molar-refractivity contribution >= 4 is 27.4 Å². The fourth-order valence-electron chi connectivity index (χ4n) is 3.64. The van der Waals surface area contributed by atoms with Crippen LogP contribution in [0.25, 0.3) is 11.3 Å². The third kappa shape index (κ3) is 3.46. The number of halogens is 1. The molecule has 1 aliphatic carbocycles. The van der Waals surface area contributed by atoms with Gasteiger partial charge in [-0.15, -0.1) is 0 Å². The maximum Gasteiger partial charge on any atom is 0.341 e. The predicted octanol–water partition coefficient (Wildman–Crippen LogP) is 3.17. The summed E-state index contributed by atoms with van der Waals surface area (Å²) in [5.74, 6) is -1.62. The van der Waals surface area contributed by atoms with Gasteiger partial charge in [0, 0.05) is 24.1 Å². The van der Waals surface area contributed by atoms with Crippen LogP contribution < -0.4 is 10.3 Å². The predicted molar refractivity (Wildman–Crippen MR) is 108 cm³/mol. The third-order valence-corrected chi connectivity index (χ3v) is 7.11. The molecule has 4 rings (SSSR count). The number of nitrogens with zero attached hydrogens (tertiary/aromatic N) is 2. The Labute approximate surface area is 177 Å². The van der Waals surface area contributed by atoms with Crippen LogP contribution in [-0.2, 0) is 15.6 Å². The lowest BCUT2D eigenvalue weighted by atomic mass is 10.0. The van der Waals surface area contributed by atoms with Gasteiger partial charge in [0.1, 0.15) is 11.3 Å². The first kappa shape index (κ1) is 20.4. The number of carboxylic acids is 1. The molecule has 10 heteroatoms. The zero-order valence-electron chi connectivity index (χ0n) is 15.7. The van der Waals surface area contributed by atoms with Crippen molar-refractivity contribution in [2.24, 2.45) is 0 Å². The number of rotatable bonds is 6. The highest BCUT2D eigenvalue weighted by Gasteiger charge is 2.37. The van der Waals surface area contributed by atoms with E-state index in [1.807, 2.05) is 6.07 Å². The molecule has 30 heavy (non-hydrogen) atoms. The number of nitriles is 1. The van der Waals surface area contributed by atoms with Crippen LogP contribution in [0.15, 0.2) is 27.9 Å². The lowest BCUT2D eigenvalue weighted by Gasteiger charge is -2.25. The SMILES string of the molecule is N#CCCCOc1cc2c(cc1Cl)-c1c(cc(C(=O)O)c(=O)n1C1CC1)CS2(=O)=O. The molecule has 0 bridgehead atoms. The number of ether oxygens (including phenoxy) is 1. The van der Waals surface area contributed by atoms with Crippen molar-refractivity contribution in [3.05, 3.63) is 44.7 Å². The van der Waals surface area contributed by atoms with Gasteiger partial charge in [-0.25, -0.2) is 13.2 Å². The van der Waals surface area contributed by atoms with E-state index in [-0.39, 0.29) is 39.4 Å². The van der Waals surface area contributed by atoms with Gasteiger partial charge in [-0.05, 0) is 37.0 Å². The highest BCUT2D eigenvalue weighted by atomic mass is 35.5. The van der Waals surface area contributed by atoms with Gasteiger partial charge >= 0.3 is 5.97 Å². The second kappa shape index (κ2) is 7.45. The molecule has 1 aromatic heterocycles. The lowest BCUT2D eigenvalue weighted by Crippen LogP contribution is -2.30. The molecule has 0 saturated heterocycles. The molecular weight excluding hydrogens is 432 g/mol. The van der Waals surface area contributed by atoms with Crippen LogP contribution in [0.1, 0.15) is 47.6 Å². The molecule has 8 nitrogen and oxygen atoms in total. The normalized spacial score (nSPS) is 16.3. The number of aromatic carboxylic acids is 1. The van der Waals surface area contributed by atoms with Crippen LogP contribution in [0.4, 0.5) is 0 Å². The molecule has 1 aliphatic heterocycles. The van der Waals surface area contributed by atoms with E-state index in [0.717, 1.165) is 6.07 Å². The molecule has 0 amide bonds. The van der Waals surface area contributed by atoms with Gasteiger partial charge in [-0.3, -0.25) is 4.79 Å². The lowest BCUT2D eigenvalue weighted by molar-refractivity contribution is 0.0694. The molecule has 0 unspecified atom stereocenters. The number of hydrogen-bond acceptors (Lipinski definition) is 6. The highest BCUT2D eigenvalue weighted by Crippen LogP contribution is 2.46. The van der Waals surface area contributed by atoms with E-state index in [0.29, 0.717) is 31.4 Å². The Kier molecular flexibility index (Phi) is 5.08. The average molecular weight is 449 g/mol. The van der Waals surface area contributed by atoms with Crippen LogP contribution in [0, 0.1) is 11.3 Å². The molecule has 2 aromatic rings. The number of hydrogen-bond donors (Lipinski definition) is 1. The molecule has 1 aromatic carbocycles. The number of benzene rings is 1. The monoisotopic (exact) mass is 448 g/mol. The molecule has 2 heterocycles. The van der Waals surface area contributed by atoms with Crippen LogP contribution in [-0.4, -0.2) is 30.7 Å².